The lowest BCUT2D eigenvalue weighted by atomic mass is 10.0. The van der Waals surface area contributed by atoms with Crippen LogP contribution in [0.15, 0.2) is 72.8 Å². The van der Waals surface area contributed by atoms with Crippen LogP contribution in [0.4, 0.5) is 0 Å². The lowest BCUT2D eigenvalue weighted by Gasteiger charge is -2.22. The summed E-state index contributed by atoms with van der Waals surface area (Å²) in [4.78, 5) is 18.1. The Kier molecular flexibility index (Phi) is 6.55. The first-order valence-corrected chi connectivity index (χ1v) is 11.3. The second kappa shape index (κ2) is 9.70. The molecule has 4 rings (SSSR count). The van der Waals surface area contributed by atoms with Crippen molar-refractivity contribution in [3.05, 3.63) is 101 Å². The quantitative estimate of drug-likeness (QED) is 0.399. The number of carbonyl (C=O) groups excluding carboxylic acids is 1. The van der Waals surface area contributed by atoms with E-state index >= 15 is 0 Å². The highest BCUT2D eigenvalue weighted by Gasteiger charge is 2.24. The molecular weight excluding hydrogens is 408 g/mol. The molecule has 1 N–H and O–H groups in total. The fourth-order valence-corrected chi connectivity index (χ4v) is 4.04. The normalized spacial score (nSPS) is 12.0. The van der Waals surface area contributed by atoms with Crippen LogP contribution in [0.1, 0.15) is 59.2 Å². The van der Waals surface area contributed by atoms with Crippen molar-refractivity contribution in [1.29, 1.82) is 5.26 Å². The molecule has 0 aliphatic rings. The summed E-state index contributed by atoms with van der Waals surface area (Å²) >= 11 is 0. The van der Waals surface area contributed by atoms with Gasteiger partial charge in [0.1, 0.15) is 5.82 Å². The molecule has 33 heavy (non-hydrogen) atoms. The lowest BCUT2D eigenvalue weighted by Crippen LogP contribution is -2.31. The number of imidazole rings is 1. The molecule has 0 spiro atoms. The van der Waals surface area contributed by atoms with Gasteiger partial charge in [0.2, 0.25) is 0 Å². The molecule has 3 aromatic carbocycles. The third-order valence-corrected chi connectivity index (χ3v) is 5.75. The summed E-state index contributed by atoms with van der Waals surface area (Å²) in [6, 6.07) is 25.2. The first-order chi connectivity index (χ1) is 15.9. The van der Waals surface area contributed by atoms with Gasteiger partial charge in [-0.1, -0.05) is 55.8 Å². The van der Waals surface area contributed by atoms with Gasteiger partial charge in [-0.15, -0.1) is 0 Å². The molecular formula is C28H28N4O. The van der Waals surface area contributed by atoms with Gasteiger partial charge in [-0.05, 0) is 61.2 Å². The van der Waals surface area contributed by atoms with Crippen LogP contribution < -0.4 is 5.32 Å². The Balaban J connectivity index is 1.73. The molecule has 0 aliphatic carbocycles. The molecule has 5 heteroatoms. The Morgan fingerprint density at radius 3 is 2.39 bits per heavy atom. The predicted octanol–water partition coefficient (Wildman–Crippen LogP) is 5.78. The molecule has 1 aromatic heterocycles. The topological polar surface area (TPSA) is 70.7 Å². The molecule has 0 saturated heterocycles. The maximum absolute atomic E-state index is 13.1. The number of aryl methyl sites for hydroxylation is 1. The maximum atomic E-state index is 13.1. The molecule has 1 unspecified atom stereocenters. The number of nitriles is 1. The Labute approximate surface area is 194 Å². The molecule has 0 radical (unpaired) electrons. The minimum Gasteiger partial charge on any atom is -0.342 e. The van der Waals surface area contributed by atoms with Crippen LogP contribution in [0.2, 0.25) is 0 Å². The summed E-state index contributed by atoms with van der Waals surface area (Å²) in [6.45, 7) is 6.92. The Hall–Kier alpha value is -3.91. The molecule has 5 nitrogen and oxygen atoms in total. The molecule has 1 amide bonds. The van der Waals surface area contributed by atoms with Crippen LogP contribution in [-0.4, -0.2) is 15.5 Å². The molecule has 0 fully saturated rings. The number of hydrogen-bond donors (Lipinski definition) is 1. The number of carbonyl (C=O) groups is 1. The van der Waals surface area contributed by atoms with Gasteiger partial charge >= 0.3 is 0 Å². The van der Waals surface area contributed by atoms with Gasteiger partial charge in [-0.3, -0.25) is 4.79 Å². The number of nitrogens with zero attached hydrogens (tertiary/aromatic N) is 3. The number of aromatic nitrogens is 2. The second-order valence-corrected chi connectivity index (χ2v) is 8.88. The fraction of sp³-hybridized carbons (Fsp3) is 0.250. The number of benzene rings is 3. The first-order valence-electron chi connectivity index (χ1n) is 11.3. The average molecular weight is 437 g/mol. The predicted molar refractivity (Wildman–Crippen MR) is 131 cm³/mol. The molecule has 4 aromatic rings. The van der Waals surface area contributed by atoms with E-state index in [0.717, 1.165) is 34.4 Å². The van der Waals surface area contributed by atoms with Crippen LogP contribution in [0.3, 0.4) is 0 Å². The average Bonchev–Trinajstić information content (AvgIpc) is 3.17. The van der Waals surface area contributed by atoms with Gasteiger partial charge in [0.15, 0.2) is 0 Å². The minimum atomic E-state index is -0.232. The first kappa shape index (κ1) is 22.3. The molecule has 1 heterocycles. The second-order valence-electron chi connectivity index (χ2n) is 8.88. The fourth-order valence-electron chi connectivity index (χ4n) is 4.04. The lowest BCUT2D eigenvalue weighted by molar-refractivity contribution is 0.0929. The van der Waals surface area contributed by atoms with Crippen molar-refractivity contribution in [2.24, 2.45) is 5.92 Å². The highest BCUT2D eigenvalue weighted by Crippen LogP contribution is 2.27. The molecule has 0 aliphatic heterocycles. The number of para-hydroxylation sites is 2. The summed E-state index contributed by atoms with van der Waals surface area (Å²) in [5.41, 5.74) is 5.40. The van der Waals surface area contributed by atoms with Gasteiger partial charge in [-0.2, -0.15) is 5.26 Å². The van der Waals surface area contributed by atoms with Crippen LogP contribution in [0.5, 0.6) is 0 Å². The maximum Gasteiger partial charge on any atom is 0.251 e. The van der Waals surface area contributed by atoms with Crippen molar-refractivity contribution in [3.8, 4) is 6.07 Å². The highest BCUT2D eigenvalue weighted by molar-refractivity contribution is 5.94. The standard InChI is InChI=1S/C28H28N4O/c1-19(2)16-25(31-28(33)23-14-8-20(3)9-15-23)27-30-24-6-4-5-7-26(24)32(27)18-22-12-10-21(17-29)11-13-22/h4-15,19,25H,16,18H2,1-3H3,(H,31,33). The number of rotatable bonds is 7. The zero-order valence-electron chi connectivity index (χ0n) is 19.2. The van der Waals surface area contributed by atoms with E-state index in [-0.39, 0.29) is 11.9 Å². The number of fused-ring (bicyclic) bond motifs is 1. The Bertz CT molecular complexity index is 1290. The monoisotopic (exact) mass is 436 g/mol. The van der Waals surface area contributed by atoms with E-state index in [4.69, 9.17) is 10.2 Å². The van der Waals surface area contributed by atoms with E-state index in [1.54, 1.807) is 0 Å². The Morgan fingerprint density at radius 2 is 1.73 bits per heavy atom. The van der Waals surface area contributed by atoms with E-state index in [0.29, 0.717) is 23.6 Å². The molecule has 0 bridgehead atoms. The Morgan fingerprint density at radius 1 is 1.03 bits per heavy atom. The van der Waals surface area contributed by atoms with Crippen molar-refractivity contribution in [2.45, 2.75) is 39.8 Å². The molecule has 1 atom stereocenters. The van der Waals surface area contributed by atoms with Gasteiger partial charge in [-0.25, -0.2) is 4.98 Å². The van der Waals surface area contributed by atoms with E-state index in [9.17, 15) is 4.79 Å². The zero-order chi connectivity index (χ0) is 23.4. The largest absolute Gasteiger partial charge is 0.342 e. The summed E-state index contributed by atoms with van der Waals surface area (Å²) in [6.07, 6.45) is 0.772. The van der Waals surface area contributed by atoms with Crippen molar-refractivity contribution in [2.75, 3.05) is 0 Å². The van der Waals surface area contributed by atoms with Crippen LogP contribution >= 0.6 is 0 Å². The summed E-state index contributed by atoms with van der Waals surface area (Å²) in [5.74, 6) is 1.11. The van der Waals surface area contributed by atoms with Crippen molar-refractivity contribution >= 4 is 16.9 Å². The number of amides is 1. The third kappa shape index (κ3) is 5.12. The van der Waals surface area contributed by atoms with Crippen molar-refractivity contribution in [1.82, 2.24) is 14.9 Å². The smallest absolute Gasteiger partial charge is 0.251 e. The number of nitrogens with one attached hydrogen (secondary N) is 1. The molecule has 166 valence electrons. The van der Waals surface area contributed by atoms with Gasteiger partial charge in [0.25, 0.3) is 5.91 Å². The van der Waals surface area contributed by atoms with Crippen molar-refractivity contribution in [3.63, 3.8) is 0 Å². The van der Waals surface area contributed by atoms with E-state index < -0.39 is 0 Å². The van der Waals surface area contributed by atoms with Crippen molar-refractivity contribution < 1.29 is 4.79 Å². The van der Waals surface area contributed by atoms with E-state index in [2.05, 4.69) is 35.9 Å². The minimum absolute atomic E-state index is 0.0994. The van der Waals surface area contributed by atoms with Crippen LogP contribution in [0, 0.1) is 24.2 Å². The van der Waals surface area contributed by atoms with Gasteiger partial charge < -0.3 is 9.88 Å². The summed E-state index contributed by atoms with van der Waals surface area (Å²) < 4.78 is 2.18. The molecule has 0 saturated carbocycles. The van der Waals surface area contributed by atoms with E-state index in [1.165, 1.54) is 0 Å². The van der Waals surface area contributed by atoms with Gasteiger partial charge in [0.05, 0.1) is 28.7 Å². The van der Waals surface area contributed by atoms with E-state index in [1.807, 2.05) is 73.7 Å². The van der Waals surface area contributed by atoms with Gasteiger partial charge in [0, 0.05) is 12.1 Å². The number of hydrogen-bond acceptors (Lipinski definition) is 3. The van der Waals surface area contributed by atoms with Crippen LogP contribution in [-0.2, 0) is 6.54 Å². The SMILES string of the molecule is Cc1ccc(C(=O)NC(CC(C)C)c2nc3ccccc3n2Cc2ccc(C#N)cc2)cc1. The summed E-state index contributed by atoms with van der Waals surface area (Å²) in [5, 5.41) is 12.4. The zero-order valence-corrected chi connectivity index (χ0v) is 19.2. The van der Waals surface area contributed by atoms with Crippen LogP contribution in [0.25, 0.3) is 11.0 Å². The summed E-state index contributed by atoms with van der Waals surface area (Å²) in [7, 11) is 0. The highest BCUT2D eigenvalue weighted by atomic mass is 16.1. The third-order valence-electron chi connectivity index (χ3n) is 5.75.